The molecule has 1 aromatic heterocycles. The summed E-state index contributed by atoms with van der Waals surface area (Å²) in [7, 11) is 0. The molecule has 1 saturated heterocycles. The SMILES string of the molecule is CCc1cc(CCl)cc(N2CC(C)SC(C)C2)n1. The van der Waals surface area contributed by atoms with Gasteiger partial charge in [0.25, 0.3) is 0 Å². The van der Waals surface area contributed by atoms with Gasteiger partial charge >= 0.3 is 0 Å². The molecule has 2 nitrogen and oxygen atoms in total. The fourth-order valence-electron chi connectivity index (χ4n) is 2.42. The molecule has 0 spiro atoms. The lowest BCUT2D eigenvalue weighted by Crippen LogP contribution is -2.41. The van der Waals surface area contributed by atoms with Gasteiger partial charge in [-0.15, -0.1) is 11.6 Å². The highest BCUT2D eigenvalue weighted by atomic mass is 35.5. The van der Waals surface area contributed by atoms with Crippen molar-refractivity contribution in [3.05, 3.63) is 23.4 Å². The predicted octanol–water partition coefficient (Wildman–Crippen LogP) is 3.71. The van der Waals surface area contributed by atoms with Crippen molar-refractivity contribution in [2.45, 2.75) is 43.6 Å². The normalized spacial score (nSPS) is 24.3. The van der Waals surface area contributed by atoms with Gasteiger partial charge in [-0.2, -0.15) is 11.8 Å². The van der Waals surface area contributed by atoms with Crippen LogP contribution in [0, 0.1) is 0 Å². The molecule has 0 radical (unpaired) electrons. The Hall–Kier alpha value is -0.410. The minimum absolute atomic E-state index is 0.566. The van der Waals surface area contributed by atoms with Crippen molar-refractivity contribution >= 4 is 29.2 Å². The average Bonchev–Trinajstić information content (AvgIpc) is 2.37. The van der Waals surface area contributed by atoms with Crippen LogP contribution in [0.5, 0.6) is 0 Å². The van der Waals surface area contributed by atoms with Crippen LogP contribution in [0.1, 0.15) is 32.0 Å². The van der Waals surface area contributed by atoms with Gasteiger partial charge in [-0.25, -0.2) is 4.98 Å². The van der Waals surface area contributed by atoms with E-state index < -0.39 is 0 Å². The maximum Gasteiger partial charge on any atom is 0.129 e. The molecular formula is C14H21ClN2S. The molecule has 0 bridgehead atoms. The number of alkyl halides is 1. The molecule has 2 atom stereocenters. The topological polar surface area (TPSA) is 16.1 Å². The van der Waals surface area contributed by atoms with E-state index in [0.29, 0.717) is 16.4 Å². The summed E-state index contributed by atoms with van der Waals surface area (Å²) < 4.78 is 0. The number of hydrogen-bond acceptors (Lipinski definition) is 3. The van der Waals surface area contributed by atoms with Gasteiger partial charge in [0.2, 0.25) is 0 Å². The summed E-state index contributed by atoms with van der Waals surface area (Å²) >= 11 is 8.04. The second kappa shape index (κ2) is 6.16. The van der Waals surface area contributed by atoms with Crippen LogP contribution in [0.25, 0.3) is 0 Å². The van der Waals surface area contributed by atoms with Crippen molar-refractivity contribution in [3.8, 4) is 0 Å². The second-order valence-corrected chi connectivity index (χ2v) is 7.12. The third-order valence-corrected chi connectivity index (χ3v) is 4.72. The van der Waals surface area contributed by atoms with Crippen LogP contribution in [0.2, 0.25) is 0 Å². The maximum absolute atomic E-state index is 5.97. The first-order valence-electron chi connectivity index (χ1n) is 6.58. The number of hydrogen-bond donors (Lipinski definition) is 0. The van der Waals surface area contributed by atoms with Gasteiger partial charge in [-0.3, -0.25) is 0 Å². The van der Waals surface area contributed by atoms with E-state index in [1.165, 1.54) is 5.56 Å². The molecule has 2 heterocycles. The first kappa shape index (κ1) is 14.0. The minimum atomic E-state index is 0.566. The van der Waals surface area contributed by atoms with Crippen molar-refractivity contribution < 1.29 is 0 Å². The Bertz CT molecular complexity index is 379. The molecule has 2 rings (SSSR count). The molecule has 1 aliphatic rings. The molecule has 0 saturated carbocycles. The van der Waals surface area contributed by atoms with E-state index in [1.807, 2.05) is 0 Å². The van der Waals surface area contributed by atoms with E-state index >= 15 is 0 Å². The van der Waals surface area contributed by atoms with Gasteiger partial charge in [0.1, 0.15) is 5.82 Å². The molecule has 18 heavy (non-hydrogen) atoms. The second-order valence-electron chi connectivity index (χ2n) is 4.97. The number of halogens is 1. The highest BCUT2D eigenvalue weighted by Gasteiger charge is 2.23. The van der Waals surface area contributed by atoms with Gasteiger partial charge in [0.05, 0.1) is 0 Å². The van der Waals surface area contributed by atoms with Crippen molar-refractivity contribution in [1.29, 1.82) is 0 Å². The Morgan fingerprint density at radius 1 is 1.33 bits per heavy atom. The molecule has 0 N–H and O–H groups in total. The van der Waals surface area contributed by atoms with Gasteiger partial charge in [-0.05, 0) is 24.1 Å². The summed E-state index contributed by atoms with van der Waals surface area (Å²) in [6.45, 7) is 8.88. The highest BCUT2D eigenvalue weighted by molar-refractivity contribution is 8.00. The summed E-state index contributed by atoms with van der Waals surface area (Å²) in [5.41, 5.74) is 2.32. The Labute approximate surface area is 119 Å². The zero-order chi connectivity index (χ0) is 13.1. The van der Waals surface area contributed by atoms with Crippen molar-refractivity contribution in [2.24, 2.45) is 0 Å². The largest absolute Gasteiger partial charge is 0.354 e. The van der Waals surface area contributed by atoms with Crippen LogP contribution in [-0.2, 0) is 12.3 Å². The number of pyridine rings is 1. The van der Waals surface area contributed by atoms with Crippen molar-refractivity contribution in [3.63, 3.8) is 0 Å². The van der Waals surface area contributed by atoms with Crippen LogP contribution in [0.4, 0.5) is 5.82 Å². The van der Waals surface area contributed by atoms with Crippen LogP contribution >= 0.6 is 23.4 Å². The summed E-state index contributed by atoms with van der Waals surface area (Å²) in [6.07, 6.45) is 0.964. The minimum Gasteiger partial charge on any atom is -0.354 e. The number of nitrogens with zero attached hydrogens (tertiary/aromatic N) is 2. The first-order chi connectivity index (χ1) is 8.62. The zero-order valence-electron chi connectivity index (χ0n) is 11.3. The lowest BCUT2D eigenvalue weighted by atomic mass is 10.2. The first-order valence-corrected chi connectivity index (χ1v) is 8.06. The molecule has 1 aromatic rings. The summed E-state index contributed by atoms with van der Waals surface area (Å²) in [5, 5.41) is 1.33. The molecule has 4 heteroatoms. The highest BCUT2D eigenvalue weighted by Crippen LogP contribution is 2.28. The fraction of sp³-hybridized carbons (Fsp3) is 0.643. The van der Waals surface area contributed by atoms with Crippen LogP contribution in [-0.4, -0.2) is 28.6 Å². The van der Waals surface area contributed by atoms with Crippen LogP contribution in [0.15, 0.2) is 12.1 Å². The number of aromatic nitrogens is 1. The predicted molar refractivity (Wildman–Crippen MR) is 81.9 cm³/mol. The molecular weight excluding hydrogens is 264 g/mol. The lowest BCUT2D eigenvalue weighted by Gasteiger charge is -2.35. The Balaban J connectivity index is 2.25. The molecule has 0 aliphatic carbocycles. The quantitative estimate of drug-likeness (QED) is 0.787. The third kappa shape index (κ3) is 3.33. The molecule has 100 valence electrons. The van der Waals surface area contributed by atoms with E-state index in [4.69, 9.17) is 16.6 Å². The van der Waals surface area contributed by atoms with Gasteiger partial charge in [-0.1, -0.05) is 20.8 Å². The van der Waals surface area contributed by atoms with E-state index in [0.717, 1.165) is 31.0 Å². The van der Waals surface area contributed by atoms with Gasteiger partial charge < -0.3 is 4.90 Å². The van der Waals surface area contributed by atoms with Gasteiger partial charge in [0.15, 0.2) is 0 Å². The number of anilines is 1. The number of aryl methyl sites for hydroxylation is 1. The summed E-state index contributed by atoms with van der Waals surface area (Å²) in [6, 6.07) is 4.25. The molecule has 2 unspecified atom stereocenters. The monoisotopic (exact) mass is 284 g/mol. The average molecular weight is 285 g/mol. The standard InChI is InChI=1S/C14H21ClN2S/c1-4-13-5-12(7-15)6-14(16-13)17-8-10(2)18-11(3)9-17/h5-6,10-11H,4,7-9H2,1-3H3. The van der Waals surface area contributed by atoms with Crippen LogP contribution in [0.3, 0.4) is 0 Å². The van der Waals surface area contributed by atoms with E-state index in [1.54, 1.807) is 0 Å². The molecule has 1 aliphatic heterocycles. The van der Waals surface area contributed by atoms with Crippen LogP contribution < -0.4 is 4.90 Å². The number of thioether (sulfide) groups is 1. The molecule has 1 fully saturated rings. The maximum atomic E-state index is 5.97. The van der Waals surface area contributed by atoms with Crippen molar-refractivity contribution in [1.82, 2.24) is 4.98 Å². The smallest absolute Gasteiger partial charge is 0.129 e. The van der Waals surface area contributed by atoms with Crippen molar-refractivity contribution in [2.75, 3.05) is 18.0 Å². The summed E-state index contributed by atoms with van der Waals surface area (Å²) in [5.74, 6) is 1.67. The van der Waals surface area contributed by atoms with Gasteiger partial charge in [0, 0.05) is 35.2 Å². The summed E-state index contributed by atoms with van der Waals surface area (Å²) in [4.78, 5) is 7.15. The fourth-order valence-corrected chi connectivity index (χ4v) is 3.90. The molecule has 0 aromatic carbocycles. The Morgan fingerprint density at radius 3 is 2.56 bits per heavy atom. The Morgan fingerprint density at radius 2 is 2.00 bits per heavy atom. The van der Waals surface area contributed by atoms with E-state index in [2.05, 4.69) is 49.6 Å². The van der Waals surface area contributed by atoms with E-state index in [9.17, 15) is 0 Å². The molecule has 0 amide bonds. The lowest BCUT2D eigenvalue weighted by molar-refractivity contribution is 0.715. The zero-order valence-corrected chi connectivity index (χ0v) is 12.9. The third-order valence-electron chi connectivity index (χ3n) is 3.18. The van der Waals surface area contributed by atoms with E-state index in [-0.39, 0.29) is 0 Å². The number of rotatable bonds is 3. The Kier molecular flexibility index (Phi) is 4.79.